The van der Waals surface area contributed by atoms with E-state index in [1.54, 1.807) is 18.2 Å². The molecule has 1 N–H and O–H groups in total. The molecule has 2 aromatic carbocycles. The summed E-state index contributed by atoms with van der Waals surface area (Å²) in [6.07, 6.45) is 0.00191. The van der Waals surface area contributed by atoms with Crippen molar-refractivity contribution >= 4 is 34.9 Å². The third kappa shape index (κ3) is 6.31. The van der Waals surface area contributed by atoms with E-state index in [9.17, 15) is 13.6 Å². The van der Waals surface area contributed by atoms with Crippen molar-refractivity contribution in [1.82, 2.24) is 10.2 Å². The minimum Gasteiger partial charge on any atom is -0.390 e. The van der Waals surface area contributed by atoms with Crippen molar-refractivity contribution in [1.29, 1.82) is 0 Å². The molecule has 1 atom stereocenters. The van der Waals surface area contributed by atoms with E-state index in [0.717, 1.165) is 17.7 Å². The van der Waals surface area contributed by atoms with E-state index in [2.05, 4.69) is 10.5 Å². The first-order valence-electron chi connectivity index (χ1n) is 9.71. The zero-order valence-corrected chi connectivity index (χ0v) is 18.9. The average Bonchev–Trinajstić information content (AvgIpc) is 3.12. The number of hydrogen-bond acceptors (Lipinski definition) is 3. The summed E-state index contributed by atoms with van der Waals surface area (Å²) in [5.74, 6) is -1.39. The predicted octanol–water partition coefficient (Wildman–Crippen LogP) is 5.77. The Kier molecular flexibility index (Phi) is 7.06. The molecule has 2 amide bonds. The van der Waals surface area contributed by atoms with Crippen molar-refractivity contribution in [3.8, 4) is 0 Å². The minimum atomic E-state index is -0.714. The Labute approximate surface area is 190 Å². The molecule has 0 aromatic heterocycles. The number of oxime groups is 1. The summed E-state index contributed by atoms with van der Waals surface area (Å²) < 4.78 is 27.5. The molecule has 0 saturated heterocycles. The van der Waals surface area contributed by atoms with Crippen molar-refractivity contribution < 1.29 is 18.4 Å². The second kappa shape index (κ2) is 9.40. The number of nitrogens with one attached hydrogen (secondary N) is 1. The van der Waals surface area contributed by atoms with Crippen LogP contribution in [0, 0.1) is 11.6 Å². The SMILES string of the molecule is CC(C)(C)NC(=O)N(Cc1ccc(F)cc1F)C[C@@H]1CC(c2ccc(Cl)c(Cl)c2)=NO1. The van der Waals surface area contributed by atoms with Gasteiger partial charge in [0.1, 0.15) is 11.6 Å². The summed E-state index contributed by atoms with van der Waals surface area (Å²) in [7, 11) is 0. The van der Waals surface area contributed by atoms with Gasteiger partial charge in [0, 0.05) is 29.2 Å². The summed E-state index contributed by atoms with van der Waals surface area (Å²) >= 11 is 12.0. The smallest absolute Gasteiger partial charge is 0.318 e. The molecule has 3 rings (SSSR count). The van der Waals surface area contributed by atoms with Gasteiger partial charge in [0.15, 0.2) is 6.10 Å². The quantitative estimate of drug-likeness (QED) is 0.603. The van der Waals surface area contributed by atoms with Gasteiger partial charge in [-0.1, -0.05) is 40.5 Å². The summed E-state index contributed by atoms with van der Waals surface area (Å²) in [5, 5.41) is 7.82. The molecule has 0 bridgehead atoms. The van der Waals surface area contributed by atoms with Gasteiger partial charge in [-0.25, -0.2) is 13.6 Å². The lowest BCUT2D eigenvalue weighted by atomic mass is 10.0. The molecule has 0 unspecified atom stereocenters. The summed E-state index contributed by atoms with van der Waals surface area (Å²) in [6.45, 7) is 5.65. The molecule has 0 fully saturated rings. The molecule has 2 aromatic rings. The lowest BCUT2D eigenvalue weighted by molar-refractivity contribution is 0.0578. The van der Waals surface area contributed by atoms with E-state index in [-0.39, 0.29) is 24.7 Å². The lowest BCUT2D eigenvalue weighted by Gasteiger charge is -2.29. The molecule has 9 heteroatoms. The molecule has 1 aliphatic heterocycles. The zero-order valence-electron chi connectivity index (χ0n) is 17.4. The molecule has 5 nitrogen and oxygen atoms in total. The van der Waals surface area contributed by atoms with Crippen molar-refractivity contribution in [2.45, 2.75) is 45.4 Å². The molecule has 0 spiro atoms. The number of carbonyl (C=O) groups is 1. The van der Waals surface area contributed by atoms with Crippen LogP contribution in [0.5, 0.6) is 0 Å². The van der Waals surface area contributed by atoms with Crippen LogP contribution in [-0.2, 0) is 11.4 Å². The number of benzene rings is 2. The predicted molar refractivity (Wildman–Crippen MR) is 118 cm³/mol. The van der Waals surface area contributed by atoms with E-state index in [1.807, 2.05) is 20.8 Å². The number of urea groups is 1. The van der Waals surface area contributed by atoms with E-state index in [0.29, 0.717) is 22.2 Å². The Bertz CT molecular complexity index is 1010. The number of halogens is 4. The highest BCUT2D eigenvalue weighted by Gasteiger charge is 2.29. The first-order valence-corrected chi connectivity index (χ1v) is 10.5. The second-order valence-electron chi connectivity index (χ2n) is 8.39. The van der Waals surface area contributed by atoms with Gasteiger partial charge in [0.25, 0.3) is 0 Å². The Morgan fingerprint density at radius 2 is 1.94 bits per heavy atom. The maximum Gasteiger partial charge on any atom is 0.318 e. The Hall–Kier alpha value is -2.38. The normalized spacial score (nSPS) is 16.0. The van der Waals surface area contributed by atoms with Crippen LogP contribution < -0.4 is 5.32 Å². The van der Waals surface area contributed by atoms with Crippen molar-refractivity contribution in [3.63, 3.8) is 0 Å². The molecular formula is C22H23Cl2F2N3O2. The minimum absolute atomic E-state index is 0.0456. The fourth-order valence-corrected chi connectivity index (χ4v) is 3.39. The van der Waals surface area contributed by atoms with Crippen LogP contribution in [0.1, 0.15) is 38.3 Å². The Balaban J connectivity index is 1.74. The summed E-state index contributed by atoms with van der Waals surface area (Å²) in [4.78, 5) is 19.8. The fraction of sp³-hybridized carbons (Fsp3) is 0.364. The average molecular weight is 470 g/mol. The van der Waals surface area contributed by atoms with Gasteiger partial charge in [0.05, 0.1) is 28.8 Å². The molecular weight excluding hydrogens is 447 g/mol. The standard InChI is InChI=1S/C22H23Cl2F2N3O2/c1-22(2,3)27-21(30)29(11-14-4-6-15(25)9-19(14)26)12-16-10-20(28-31-16)13-5-7-17(23)18(24)8-13/h4-9,16H,10-12H2,1-3H3,(H,27,30)/t16-/m0/s1. The zero-order chi connectivity index (χ0) is 22.8. The third-order valence-corrected chi connectivity index (χ3v) is 5.29. The largest absolute Gasteiger partial charge is 0.390 e. The summed E-state index contributed by atoms with van der Waals surface area (Å²) in [6, 6.07) is 8.07. The van der Waals surface area contributed by atoms with Crippen molar-refractivity contribution in [3.05, 3.63) is 69.2 Å². The van der Waals surface area contributed by atoms with Crippen LogP contribution in [0.25, 0.3) is 0 Å². The van der Waals surface area contributed by atoms with Gasteiger partial charge in [-0.15, -0.1) is 0 Å². The third-order valence-electron chi connectivity index (χ3n) is 4.56. The van der Waals surface area contributed by atoms with Crippen LogP contribution in [0.4, 0.5) is 13.6 Å². The molecule has 166 valence electrons. The van der Waals surface area contributed by atoms with E-state index in [4.69, 9.17) is 28.0 Å². The van der Waals surface area contributed by atoms with E-state index in [1.165, 1.54) is 11.0 Å². The van der Waals surface area contributed by atoms with Crippen molar-refractivity contribution in [2.24, 2.45) is 5.16 Å². The van der Waals surface area contributed by atoms with Gasteiger partial charge in [0.2, 0.25) is 0 Å². The molecule has 0 aliphatic carbocycles. The van der Waals surface area contributed by atoms with Crippen LogP contribution in [0.15, 0.2) is 41.6 Å². The van der Waals surface area contributed by atoms with Crippen LogP contribution in [0.2, 0.25) is 10.0 Å². The Morgan fingerprint density at radius 3 is 2.58 bits per heavy atom. The highest BCUT2D eigenvalue weighted by Crippen LogP contribution is 2.26. The number of hydrogen-bond donors (Lipinski definition) is 1. The molecule has 0 saturated carbocycles. The lowest BCUT2D eigenvalue weighted by Crippen LogP contribution is -2.50. The Morgan fingerprint density at radius 1 is 1.19 bits per heavy atom. The highest BCUT2D eigenvalue weighted by molar-refractivity contribution is 6.42. The van der Waals surface area contributed by atoms with Gasteiger partial charge < -0.3 is 15.1 Å². The fourth-order valence-electron chi connectivity index (χ4n) is 3.09. The van der Waals surface area contributed by atoms with Crippen LogP contribution in [-0.4, -0.2) is 34.8 Å². The second-order valence-corrected chi connectivity index (χ2v) is 9.21. The number of nitrogens with zero attached hydrogens (tertiary/aromatic N) is 2. The van der Waals surface area contributed by atoms with Gasteiger partial charge >= 0.3 is 6.03 Å². The summed E-state index contributed by atoms with van der Waals surface area (Å²) in [5.41, 5.74) is 1.16. The number of amides is 2. The number of carbonyl (C=O) groups excluding carboxylic acids is 1. The van der Waals surface area contributed by atoms with Crippen LogP contribution >= 0.6 is 23.2 Å². The maximum absolute atomic E-state index is 14.2. The van der Waals surface area contributed by atoms with Crippen LogP contribution in [0.3, 0.4) is 0 Å². The first-order chi connectivity index (χ1) is 14.5. The van der Waals surface area contributed by atoms with Gasteiger partial charge in [-0.2, -0.15) is 0 Å². The van der Waals surface area contributed by atoms with Gasteiger partial charge in [-0.3, -0.25) is 0 Å². The number of rotatable bonds is 5. The van der Waals surface area contributed by atoms with Gasteiger partial charge in [-0.05, 0) is 39.0 Å². The topological polar surface area (TPSA) is 53.9 Å². The highest BCUT2D eigenvalue weighted by atomic mass is 35.5. The molecule has 1 heterocycles. The maximum atomic E-state index is 14.2. The van der Waals surface area contributed by atoms with E-state index >= 15 is 0 Å². The molecule has 1 aliphatic rings. The molecule has 31 heavy (non-hydrogen) atoms. The van der Waals surface area contributed by atoms with E-state index < -0.39 is 23.3 Å². The monoisotopic (exact) mass is 469 g/mol. The molecule has 0 radical (unpaired) electrons. The van der Waals surface area contributed by atoms with Crippen molar-refractivity contribution in [2.75, 3.05) is 6.54 Å². The first kappa shape index (κ1) is 23.3.